The van der Waals surface area contributed by atoms with Gasteiger partial charge in [0.1, 0.15) is 0 Å². The van der Waals surface area contributed by atoms with E-state index < -0.39 is 0 Å². The Labute approximate surface area is 115 Å². The predicted octanol–water partition coefficient (Wildman–Crippen LogP) is -1.54. The van der Waals surface area contributed by atoms with Crippen molar-refractivity contribution < 1.29 is 9.90 Å². The molecule has 110 valence electrons. The number of carbonyl (C=O) groups is 1. The topological polar surface area (TPSA) is 67.8 Å². The molecular weight excluding hydrogens is 244 g/mol. The van der Waals surface area contributed by atoms with Crippen LogP contribution in [0.3, 0.4) is 0 Å². The molecule has 0 spiro atoms. The van der Waals surface area contributed by atoms with Crippen LogP contribution in [0.5, 0.6) is 0 Å². The Bertz CT molecular complexity index is 316. The number of hydrogen-bond donors (Lipinski definition) is 3. The molecule has 6 nitrogen and oxygen atoms in total. The Morgan fingerprint density at radius 2 is 2.11 bits per heavy atom. The van der Waals surface area contributed by atoms with E-state index in [1.807, 2.05) is 19.0 Å². The molecule has 1 amide bonds. The minimum atomic E-state index is -0.385. The van der Waals surface area contributed by atoms with Crippen molar-refractivity contribution in [3.05, 3.63) is 0 Å². The zero-order valence-electron chi connectivity index (χ0n) is 12.1. The van der Waals surface area contributed by atoms with Crippen molar-refractivity contribution in [3.8, 4) is 0 Å². The highest BCUT2D eigenvalue weighted by Gasteiger charge is 2.38. The number of amides is 1. The first-order valence-electron chi connectivity index (χ1n) is 7.07. The summed E-state index contributed by atoms with van der Waals surface area (Å²) in [6, 6.07) is 0.371. The van der Waals surface area contributed by atoms with Crippen molar-refractivity contribution in [2.24, 2.45) is 0 Å². The molecule has 4 atom stereocenters. The lowest BCUT2D eigenvalue weighted by atomic mass is 10.1. The summed E-state index contributed by atoms with van der Waals surface area (Å²) in [4.78, 5) is 16.5. The zero-order valence-corrected chi connectivity index (χ0v) is 12.1. The number of β-amino-alcohol motifs (C(OH)–C–C–N with tert-alkyl or cyclic N) is 1. The summed E-state index contributed by atoms with van der Waals surface area (Å²) in [5, 5.41) is 16.4. The molecule has 0 aromatic carbocycles. The Morgan fingerprint density at radius 3 is 2.68 bits per heavy atom. The maximum Gasteiger partial charge on any atom is 0.241 e. The summed E-state index contributed by atoms with van der Waals surface area (Å²) in [5.74, 6) is 0.114. The molecule has 0 bridgehead atoms. The summed E-state index contributed by atoms with van der Waals surface area (Å²) in [7, 11) is 3.99. The highest BCUT2D eigenvalue weighted by molar-refractivity contribution is 5.83. The second-order valence-corrected chi connectivity index (χ2v) is 6.07. The molecule has 2 aliphatic rings. The lowest BCUT2D eigenvalue weighted by molar-refractivity contribution is -0.135. The van der Waals surface area contributed by atoms with Crippen molar-refractivity contribution >= 4 is 5.91 Å². The molecule has 2 aliphatic heterocycles. The molecule has 2 fully saturated rings. The molecule has 0 aliphatic carbocycles. The molecule has 2 rings (SSSR count). The van der Waals surface area contributed by atoms with Gasteiger partial charge in [0, 0.05) is 38.3 Å². The number of aliphatic hydroxyl groups excluding tert-OH is 1. The van der Waals surface area contributed by atoms with Crippen LogP contribution in [0.4, 0.5) is 0 Å². The summed E-state index contributed by atoms with van der Waals surface area (Å²) < 4.78 is 0. The Morgan fingerprint density at radius 1 is 1.37 bits per heavy atom. The maximum absolute atomic E-state index is 12.5. The summed E-state index contributed by atoms with van der Waals surface area (Å²) in [6.07, 6.45) is 0.296. The maximum atomic E-state index is 12.5. The third-order valence-corrected chi connectivity index (χ3v) is 3.89. The van der Waals surface area contributed by atoms with Gasteiger partial charge in [-0.15, -0.1) is 0 Å². The number of carbonyl (C=O) groups excluding carboxylic acids is 1. The van der Waals surface area contributed by atoms with Crippen LogP contribution in [-0.4, -0.2) is 85.3 Å². The highest BCUT2D eigenvalue weighted by Crippen LogP contribution is 2.19. The average molecular weight is 270 g/mol. The molecule has 3 N–H and O–H groups in total. The SMILES string of the molecule is CC1CNC(C(=O)N2CC(O)CC2CN(C)C)CN1. The van der Waals surface area contributed by atoms with Crippen molar-refractivity contribution in [3.63, 3.8) is 0 Å². The summed E-state index contributed by atoms with van der Waals surface area (Å²) in [5.41, 5.74) is 0. The molecule has 2 heterocycles. The minimum Gasteiger partial charge on any atom is -0.391 e. The normalized spacial score (nSPS) is 35.9. The van der Waals surface area contributed by atoms with Gasteiger partial charge in [0.15, 0.2) is 0 Å². The summed E-state index contributed by atoms with van der Waals surface area (Å²) in [6.45, 7) is 4.85. The molecule has 19 heavy (non-hydrogen) atoms. The molecule has 6 heteroatoms. The van der Waals surface area contributed by atoms with Gasteiger partial charge in [-0.1, -0.05) is 0 Å². The Balaban J connectivity index is 1.96. The van der Waals surface area contributed by atoms with E-state index >= 15 is 0 Å². The number of rotatable bonds is 3. The largest absolute Gasteiger partial charge is 0.391 e. The van der Waals surface area contributed by atoms with E-state index in [-0.39, 0.29) is 24.1 Å². The molecule has 0 radical (unpaired) electrons. The van der Waals surface area contributed by atoms with Crippen LogP contribution in [-0.2, 0) is 4.79 Å². The number of hydrogen-bond acceptors (Lipinski definition) is 5. The van der Waals surface area contributed by atoms with Gasteiger partial charge in [-0.25, -0.2) is 0 Å². The van der Waals surface area contributed by atoms with Crippen LogP contribution >= 0.6 is 0 Å². The number of piperazine rings is 1. The molecule has 0 saturated carbocycles. The fourth-order valence-electron chi connectivity index (χ4n) is 2.91. The molecule has 0 aromatic rings. The van der Waals surface area contributed by atoms with Crippen LogP contribution < -0.4 is 10.6 Å². The Kier molecular flexibility index (Phi) is 4.78. The predicted molar refractivity (Wildman–Crippen MR) is 73.9 cm³/mol. The van der Waals surface area contributed by atoms with Gasteiger partial charge < -0.3 is 25.5 Å². The number of aliphatic hydroxyl groups is 1. The second kappa shape index (κ2) is 6.17. The quantitative estimate of drug-likeness (QED) is 0.580. The van der Waals surface area contributed by atoms with E-state index in [9.17, 15) is 9.90 Å². The molecule has 0 aromatic heterocycles. The third-order valence-electron chi connectivity index (χ3n) is 3.89. The van der Waals surface area contributed by atoms with E-state index in [0.29, 0.717) is 25.6 Å². The van der Waals surface area contributed by atoms with Gasteiger partial charge in [0.2, 0.25) is 5.91 Å². The fourth-order valence-corrected chi connectivity index (χ4v) is 2.91. The number of likely N-dealkylation sites (tertiary alicyclic amines) is 1. The van der Waals surface area contributed by atoms with Gasteiger partial charge in [-0.05, 0) is 27.4 Å². The van der Waals surface area contributed by atoms with Crippen molar-refractivity contribution in [2.45, 2.75) is 37.6 Å². The van der Waals surface area contributed by atoms with Crippen molar-refractivity contribution in [2.75, 3.05) is 40.3 Å². The van der Waals surface area contributed by atoms with Crippen LogP contribution in [0.1, 0.15) is 13.3 Å². The lowest BCUT2D eigenvalue weighted by Crippen LogP contribution is -2.60. The van der Waals surface area contributed by atoms with Gasteiger partial charge in [0.25, 0.3) is 0 Å². The van der Waals surface area contributed by atoms with Gasteiger partial charge in [0.05, 0.1) is 12.1 Å². The van der Waals surface area contributed by atoms with E-state index in [4.69, 9.17) is 0 Å². The first-order chi connectivity index (χ1) is 8.97. The van der Waals surface area contributed by atoms with Gasteiger partial charge in [-0.3, -0.25) is 4.79 Å². The monoisotopic (exact) mass is 270 g/mol. The van der Waals surface area contributed by atoms with Crippen LogP contribution in [0.2, 0.25) is 0 Å². The zero-order chi connectivity index (χ0) is 14.0. The molecule has 2 saturated heterocycles. The third kappa shape index (κ3) is 3.66. The minimum absolute atomic E-state index is 0.114. The molecule has 4 unspecified atom stereocenters. The van der Waals surface area contributed by atoms with Crippen molar-refractivity contribution in [1.29, 1.82) is 0 Å². The van der Waals surface area contributed by atoms with Crippen molar-refractivity contribution in [1.82, 2.24) is 20.4 Å². The first-order valence-corrected chi connectivity index (χ1v) is 7.07. The Hall–Kier alpha value is -0.690. The second-order valence-electron chi connectivity index (χ2n) is 6.07. The van der Waals surface area contributed by atoms with Crippen LogP contribution in [0, 0.1) is 0 Å². The van der Waals surface area contributed by atoms with Crippen LogP contribution in [0.15, 0.2) is 0 Å². The fraction of sp³-hybridized carbons (Fsp3) is 0.923. The molecular formula is C13H26N4O2. The van der Waals surface area contributed by atoms with Gasteiger partial charge >= 0.3 is 0 Å². The summed E-state index contributed by atoms with van der Waals surface area (Å²) >= 11 is 0. The van der Waals surface area contributed by atoms with E-state index in [1.54, 1.807) is 0 Å². The van der Waals surface area contributed by atoms with Crippen LogP contribution in [0.25, 0.3) is 0 Å². The lowest BCUT2D eigenvalue weighted by Gasteiger charge is -2.34. The van der Waals surface area contributed by atoms with E-state index in [2.05, 4.69) is 22.5 Å². The first kappa shape index (κ1) is 14.7. The average Bonchev–Trinajstić information content (AvgIpc) is 2.69. The van der Waals surface area contributed by atoms with E-state index in [1.165, 1.54) is 0 Å². The smallest absolute Gasteiger partial charge is 0.241 e. The number of nitrogens with one attached hydrogen (secondary N) is 2. The van der Waals surface area contributed by atoms with E-state index in [0.717, 1.165) is 13.1 Å². The highest BCUT2D eigenvalue weighted by atomic mass is 16.3. The number of likely N-dealkylation sites (N-methyl/N-ethyl adjacent to an activating group) is 1. The van der Waals surface area contributed by atoms with Gasteiger partial charge in [-0.2, -0.15) is 0 Å². The number of nitrogens with zero attached hydrogens (tertiary/aromatic N) is 2. The standard InChI is InChI=1S/C13H26N4O2/c1-9-5-15-12(6-14-9)13(19)17-8-11(18)4-10(17)7-16(2)3/h9-12,14-15,18H,4-8H2,1-3H3.